The van der Waals surface area contributed by atoms with Crippen LogP contribution in [-0.4, -0.2) is 72.2 Å². The van der Waals surface area contributed by atoms with Crippen LogP contribution in [-0.2, 0) is 11.3 Å². The van der Waals surface area contributed by atoms with Crippen molar-refractivity contribution in [1.82, 2.24) is 14.7 Å². The maximum absolute atomic E-state index is 12.8. The lowest BCUT2D eigenvalue weighted by molar-refractivity contribution is -0.0168. The van der Waals surface area contributed by atoms with E-state index in [9.17, 15) is 4.79 Å². The molecule has 3 fully saturated rings. The molecule has 0 aliphatic carbocycles. The van der Waals surface area contributed by atoms with Crippen molar-refractivity contribution in [3.8, 4) is 0 Å². The molecule has 2 amide bonds. The topological polar surface area (TPSA) is 49.2 Å². The lowest BCUT2D eigenvalue weighted by Crippen LogP contribution is -2.57. The number of aryl methyl sites for hydroxylation is 1. The second kappa shape index (κ2) is 6.65. The lowest BCUT2D eigenvalue weighted by Gasteiger charge is -2.46. The first-order valence-electron chi connectivity index (χ1n) is 9.47. The number of carbonyl (C=O) groups excluding carboxylic acids is 1. The third kappa shape index (κ3) is 3.17. The number of furan rings is 1. The molecule has 0 bridgehead atoms. The first kappa shape index (κ1) is 16.9. The van der Waals surface area contributed by atoms with Gasteiger partial charge < -0.3 is 19.0 Å². The van der Waals surface area contributed by atoms with Gasteiger partial charge in [-0.25, -0.2) is 4.79 Å². The Morgan fingerprint density at radius 3 is 2.56 bits per heavy atom. The molecular weight excluding hydrogens is 318 g/mol. The average molecular weight is 347 g/mol. The van der Waals surface area contributed by atoms with Gasteiger partial charge in [0.1, 0.15) is 11.5 Å². The maximum Gasteiger partial charge on any atom is 0.320 e. The molecule has 0 radical (unpaired) electrons. The van der Waals surface area contributed by atoms with Gasteiger partial charge in [0.15, 0.2) is 0 Å². The third-order valence-electron chi connectivity index (χ3n) is 6.10. The number of urea groups is 1. The highest BCUT2D eigenvalue weighted by Crippen LogP contribution is 2.38. The molecule has 3 saturated heterocycles. The summed E-state index contributed by atoms with van der Waals surface area (Å²) in [7, 11) is 1.94. The number of amides is 2. The zero-order valence-corrected chi connectivity index (χ0v) is 15.4. The van der Waals surface area contributed by atoms with Crippen molar-refractivity contribution in [2.24, 2.45) is 0 Å². The van der Waals surface area contributed by atoms with Crippen LogP contribution < -0.4 is 0 Å². The molecule has 3 aliphatic rings. The van der Waals surface area contributed by atoms with Crippen molar-refractivity contribution in [3.63, 3.8) is 0 Å². The Morgan fingerprint density at radius 1 is 1.20 bits per heavy atom. The minimum atomic E-state index is -0.00492. The molecule has 1 spiro atoms. The van der Waals surface area contributed by atoms with Gasteiger partial charge in [-0.3, -0.25) is 4.90 Å². The smallest absolute Gasteiger partial charge is 0.320 e. The van der Waals surface area contributed by atoms with Gasteiger partial charge >= 0.3 is 6.03 Å². The summed E-state index contributed by atoms with van der Waals surface area (Å²) in [4.78, 5) is 19.4. The Labute approximate surface area is 149 Å². The second-order valence-corrected chi connectivity index (χ2v) is 7.87. The molecule has 6 nitrogen and oxygen atoms in total. The van der Waals surface area contributed by atoms with Gasteiger partial charge in [0, 0.05) is 45.9 Å². The van der Waals surface area contributed by atoms with E-state index < -0.39 is 0 Å². The summed E-state index contributed by atoms with van der Waals surface area (Å²) >= 11 is 0. The first-order chi connectivity index (χ1) is 12.1. The molecule has 3 aliphatic heterocycles. The predicted molar refractivity (Wildman–Crippen MR) is 94.4 cm³/mol. The van der Waals surface area contributed by atoms with E-state index in [1.807, 2.05) is 24.9 Å². The summed E-state index contributed by atoms with van der Waals surface area (Å²) in [5.74, 6) is 2.01. The van der Waals surface area contributed by atoms with E-state index in [4.69, 9.17) is 9.15 Å². The fraction of sp³-hybridized carbons (Fsp3) is 0.737. The Morgan fingerprint density at radius 2 is 1.92 bits per heavy atom. The summed E-state index contributed by atoms with van der Waals surface area (Å²) in [6.07, 6.45) is 4.02. The monoisotopic (exact) mass is 347 g/mol. The normalized spacial score (nSPS) is 25.3. The molecule has 0 atom stereocenters. The second-order valence-electron chi connectivity index (χ2n) is 7.87. The number of nitrogens with zero attached hydrogens (tertiary/aromatic N) is 3. The van der Waals surface area contributed by atoms with Crippen LogP contribution in [0.15, 0.2) is 16.5 Å². The standard InChI is InChI=1S/C19H29N3O3/c1-15-3-4-17(25-15)13-21-9-5-16(6-10-21)22-18(23)20(2)14-19(22)7-11-24-12-8-19/h3-4,16H,5-14H2,1-2H3. The molecular formula is C19H29N3O3. The third-order valence-corrected chi connectivity index (χ3v) is 6.10. The Kier molecular flexibility index (Phi) is 4.50. The average Bonchev–Trinajstić information content (AvgIpc) is 3.11. The SMILES string of the molecule is Cc1ccc(CN2CCC(N3C(=O)N(C)CC34CCOCC4)CC2)o1. The van der Waals surface area contributed by atoms with E-state index in [0.29, 0.717) is 6.04 Å². The molecule has 0 saturated carbocycles. The van der Waals surface area contributed by atoms with E-state index in [-0.39, 0.29) is 11.6 Å². The number of carbonyl (C=O) groups is 1. The van der Waals surface area contributed by atoms with Crippen LogP contribution in [0, 0.1) is 6.92 Å². The zero-order valence-electron chi connectivity index (χ0n) is 15.4. The molecule has 4 rings (SSSR count). The highest BCUT2D eigenvalue weighted by molar-refractivity contribution is 5.78. The van der Waals surface area contributed by atoms with Crippen LogP contribution in [0.2, 0.25) is 0 Å². The summed E-state index contributed by atoms with van der Waals surface area (Å²) in [5.41, 5.74) is -0.00492. The lowest BCUT2D eigenvalue weighted by atomic mass is 9.86. The van der Waals surface area contributed by atoms with Gasteiger partial charge in [0.05, 0.1) is 12.1 Å². The van der Waals surface area contributed by atoms with Crippen LogP contribution in [0.25, 0.3) is 0 Å². The number of hydrogen-bond donors (Lipinski definition) is 0. The molecule has 6 heteroatoms. The summed E-state index contributed by atoms with van der Waals surface area (Å²) in [5, 5.41) is 0. The fourth-order valence-corrected chi connectivity index (χ4v) is 4.79. The van der Waals surface area contributed by atoms with E-state index >= 15 is 0 Å². The minimum absolute atomic E-state index is 0.00492. The maximum atomic E-state index is 12.8. The highest BCUT2D eigenvalue weighted by atomic mass is 16.5. The van der Waals surface area contributed by atoms with Gasteiger partial charge in [0.2, 0.25) is 0 Å². The summed E-state index contributed by atoms with van der Waals surface area (Å²) < 4.78 is 11.3. The van der Waals surface area contributed by atoms with Gasteiger partial charge in [0.25, 0.3) is 0 Å². The molecule has 1 aromatic heterocycles. The summed E-state index contributed by atoms with van der Waals surface area (Å²) in [6.45, 7) is 7.28. The molecule has 1 aromatic rings. The Hall–Kier alpha value is -1.53. The van der Waals surface area contributed by atoms with Crippen LogP contribution in [0.3, 0.4) is 0 Å². The van der Waals surface area contributed by atoms with E-state index in [1.54, 1.807) is 0 Å². The molecule has 138 valence electrons. The number of ether oxygens (including phenoxy) is 1. The van der Waals surface area contributed by atoms with Crippen LogP contribution >= 0.6 is 0 Å². The number of likely N-dealkylation sites (N-methyl/N-ethyl adjacent to an activating group) is 1. The quantitative estimate of drug-likeness (QED) is 0.843. The Bertz CT molecular complexity index is 615. The van der Waals surface area contributed by atoms with Crippen LogP contribution in [0.5, 0.6) is 0 Å². The molecule has 0 N–H and O–H groups in total. The molecule has 25 heavy (non-hydrogen) atoms. The van der Waals surface area contributed by atoms with E-state index in [0.717, 1.165) is 76.6 Å². The van der Waals surface area contributed by atoms with Gasteiger partial charge in [-0.2, -0.15) is 0 Å². The van der Waals surface area contributed by atoms with Crippen molar-refractivity contribution < 1.29 is 13.9 Å². The molecule has 0 aromatic carbocycles. The van der Waals surface area contributed by atoms with Crippen LogP contribution in [0.4, 0.5) is 4.79 Å². The number of likely N-dealkylation sites (tertiary alicyclic amines) is 1. The number of rotatable bonds is 3. The first-order valence-corrected chi connectivity index (χ1v) is 9.47. The zero-order chi connectivity index (χ0) is 17.4. The fourth-order valence-electron chi connectivity index (χ4n) is 4.79. The van der Waals surface area contributed by atoms with E-state index in [2.05, 4.69) is 15.9 Å². The predicted octanol–water partition coefficient (Wildman–Crippen LogP) is 2.47. The minimum Gasteiger partial charge on any atom is -0.465 e. The largest absolute Gasteiger partial charge is 0.465 e. The number of hydrogen-bond acceptors (Lipinski definition) is 4. The van der Waals surface area contributed by atoms with Gasteiger partial charge in [-0.05, 0) is 44.7 Å². The van der Waals surface area contributed by atoms with Gasteiger partial charge in [-0.1, -0.05) is 0 Å². The summed E-state index contributed by atoms with van der Waals surface area (Å²) in [6, 6.07) is 4.65. The van der Waals surface area contributed by atoms with Crippen molar-refractivity contribution in [3.05, 3.63) is 23.7 Å². The molecule has 4 heterocycles. The van der Waals surface area contributed by atoms with Crippen molar-refractivity contribution >= 4 is 6.03 Å². The van der Waals surface area contributed by atoms with Gasteiger partial charge in [-0.15, -0.1) is 0 Å². The molecule has 0 unspecified atom stereocenters. The Balaban J connectivity index is 1.41. The number of piperidine rings is 1. The van der Waals surface area contributed by atoms with Crippen molar-refractivity contribution in [2.75, 3.05) is 39.9 Å². The van der Waals surface area contributed by atoms with Crippen LogP contribution in [0.1, 0.15) is 37.2 Å². The van der Waals surface area contributed by atoms with Crippen molar-refractivity contribution in [2.45, 2.75) is 50.7 Å². The van der Waals surface area contributed by atoms with Crippen molar-refractivity contribution in [1.29, 1.82) is 0 Å². The van der Waals surface area contributed by atoms with E-state index in [1.165, 1.54) is 0 Å². The highest BCUT2D eigenvalue weighted by Gasteiger charge is 2.51.